The van der Waals surface area contributed by atoms with Crippen LogP contribution in [0.25, 0.3) is 32.6 Å². The number of halogens is 1. The monoisotopic (exact) mass is 539 g/mol. The molecule has 0 spiro atoms. The second-order valence-corrected chi connectivity index (χ2v) is 9.12. The molecule has 0 aliphatic rings. The summed E-state index contributed by atoms with van der Waals surface area (Å²) in [7, 11) is 4.55. The molecule has 0 atom stereocenters. The summed E-state index contributed by atoms with van der Waals surface area (Å²) in [5.74, 6) is 1.17. The molecule has 0 fully saturated rings. The Morgan fingerprint density at radius 3 is 2.46 bits per heavy atom. The number of fused-ring (bicyclic) bond motifs is 2. The summed E-state index contributed by atoms with van der Waals surface area (Å²) in [5, 5.41) is 14.8. The van der Waals surface area contributed by atoms with Crippen molar-refractivity contribution in [2.24, 2.45) is 0 Å². The summed E-state index contributed by atoms with van der Waals surface area (Å²) in [6.07, 6.45) is 0. The molecule has 1 N–H and O–H groups in total. The number of nitro benzene ring substituents is 1. The Morgan fingerprint density at radius 2 is 1.81 bits per heavy atom. The van der Waals surface area contributed by atoms with Gasteiger partial charge in [0.15, 0.2) is 17.1 Å². The maximum Gasteiger partial charge on any atom is 0.287 e. The summed E-state index contributed by atoms with van der Waals surface area (Å²) in [6.45, 7) is 0. The van der Waals surface area contributed by atoms with E-state index in [-0.39, 0.29) is 15.6 Å². The number of hydrogen-bond acceptors (Lipinski definition) is 9. The molecular formula is C25H18ClN3O7S. The minimum absolute atomic E-state index is 0.105. The van der Waals surface area contributed by atoms with E-state index in [0.29, 0.717) is 55.6 Å². The van der Waals surface area contributed by atoms with Gasteiger partial charge >= 0.3 is 0 Å². The number of oxazole rings is 1. The van der Waals surface area contributed by atoms with E-state index in [1.54, 1.807) is 36.4 Å². The average molecular weight is 540 g/mol. The molecule has 0 bridgehead atoms. The van der Waals surface area contributed by atoms with E-state index in [1.807, 2.05) is 0 Å². The molecule has 1 amide bonds. The molecule has 10 nitrogen and oxygen atoms in total. The van der Waals surface area contributed by atoms with Gasteiger partial charge in [-0.25, -0.2) is 4.98 Å². The highest BCUT2D eigenvalue weighted by atomic mass is 35.5. The second-order valence-electron chi connectivity index (χ2n) is 7.73. The van der Waals surface area contributed by atoms with Crippen molar-refractivity contribution in [3.8, 4) is 28.7 Å². The third kappa shape index (κ3) is 4.28. The molecule has 37 heavy (non-hydrogen) atoms. The number of nitro groups is 1. The van der Waals surface area contributed by atoms with Crippen molar-refractivity contribution in [3.05, 3.63) is 68.5 Å². The van der Waals surface area contributed by atoms with E-state index in [9.17, 15) is 14.9 Å². The van der Waals surface area contributed by atoms with Crippen LogP contribution in [0.2, 0.25) is 5.02 Å². The maximum absolute atomic E-state index is 13.0. The van der Waals surface area contributed by atoms with Crippen LogP contribution in [0.5, 0.6) is 17.2 Å². The van der Waals surface area contributed by atoms with Gasteiger partial charge < -0.3 is 23.9 Å². The van der Waals surface area contributed by atoms with Gasteiger partial charge in [-0.05, 0) is 30.3 Å². The standard InChI is InChI=1S/C25H18ClN3O7S/c1-33-18-9-12(10-19(34-2)21(18)35-3)25-28-15-11-13(7-8-17(15)36-25)27-24(30)23-20(26)14-5-4-6-16(29(31)32)22(14)37-23/h4-11H,1-3H3,(H,27,30). The number of nitrogens with zero attached hydrogens (tertiary/aromatic N) is 2. The number of methoxy groups -OCH3 is 3. The second kappa shape index (κ2) is 9.60. The van der Waals surface area contributed by atoms with Gasteiger partial charge in [0.2, 0.25) is 11.6 Å². The fourth-order valence-corrected chi connectivity index (χ4v) is 5.37. The van der Waals surface area contributed by atoms with Crippen molar-refractivity contribution in [2.45, 2.75) is 0 Å². The zero-order valence-electron chi connectivity index (χ0n) is 19.7. The van der Waals surface area contributed by atoms with Crippen LogP contribution in [0.4, 0.5) is 11.4 Å². The third-order valence-corrected chi connectivity index (χ3v) is 7.33. The van der Waals surface area contributed by atoms with Crippen molar-refractivity contribution >= 4 is 61.4 Å². The molecule has 2 aromatic heterocycles. The molecule has 5 rings (SSSR count). The number of carbonyl (C=O) groups excluding carboxylic acids is 1. The topological polar surface area (TPSA) is 126 Å². The summed E-state index contributed by atoms with van der Waals surface area (Å²) >= 11 is 7.37. The summed E-state index contributed by atoms with van der Waals surface area (Å²) in [5.41, 5.74) is 1.95. The highest BCUT2D eigenvalue weighted by molar-refractivity contribution is 7.22. The lowest BCUT2D eigenvalue weighted by Gasteiger charge is -2.12. The van der Waals surface area contributed by atoms with Crippen LogP contribution in [-0.4, -0.2) is 37.1 Å². The number of hydrogen-bond donors (Lipinski definition) is 1. The van der Waals surface area contributed by atoms with Crippen molar-refractivity contribution in [1.29, 1.82) is 0 Å². The van der Waals surface area contributed by atoms with Crippen molar-refractivity contribution in [1.82, 2.24) is 4.98 Å². The minimum Gasteiger partial charge on any atom is -0.493 e. The van der Waals surface area contributed by atoms with Crippen LogP contribution >= 0.6 is 22.9 Å². The highest BCUT2D eigenvalue weighted by Crippen LogP contribution is 2.42. The number of nitrogens with one attached hydrogen (secondary N) is 1. The zero-order chi connectivity index (χ0) is 26.3. The number of anilines is 1. The largest absolute Gasteiger partial charge is 0.493 e. The summed E-state index contributed by atoms with van der Waals surface area (Å²) in [6, 6.07) is 13.0. The molecule has 0 radical (unpaired) electrons. The van der Waals surface area contributed by atoms with E-state index in [4.69, 9.17) is 30.2 Å². The van der Waals surface area contributed by atoms with Crippen LogP contribution in [-0.2, 0) is 0 Å². The van der Waals surface area contributed by atoms with Crippen LogP contribution in [0.1, 0.15) is 9.67 Å². The van der Waals surface area contributed by atoms with Crippen LogP contribution in [0.3, 0.4) is 0 Å². The molecular weight excluding hydrogens is 522 g/mol. The Labute approximate surface area is 218 Å². The lowest BCUT2D eigenvalue weighted by atomic mass is 10.2. The molecule has 2 heterocycles. The van der Waals surface area contributed by atoms with E-state index in [2.05, 4.69) is 10.3 Å². The maximum atomic E-state index is 13.0. The molecule has 0 unspecified atom stereocenters. The smallest absolute Gasteiger partial charge is 0.287 e. The zero-order valence-corrected chi connectivity index (χ0v) is 21.2. The lowest BCUT2D eigenvalue weighted by molar-refractivity contribution is -0.382. The quantitative estimate of drug-likeness (QED) is 0.182. The van der Waals surface area contributed by atoms with Gasteiger partial charge in [-0.2, -0.15) is 0 Å². The molecule has 3 aromatic carbocycles. The molecule has 0 aliphatic heterocycles. The van der Waals surface area contributed by atoms with E-state index < -0.39 is 10.8 Å². The predicted octanol–water partition coefficient (Wildman–Crippen LogP) is 6.55. The Hall–Kier alpha value is -4.35. The molecule has 0 aliphatic carbocycles. The summed E-state index contributed by atoms with van der Waals surface area (Å²) in [4.78, 5) is 28.6. The van der Waals surface area contributed by atoms with Gasteiger partial charge in [0.1, 0.15) is 15.1 Å². The first kappa shape index (κ1) is 24.3. The highest BCUT2D eigenvalue weighted by Gasteiger charge is 2.23. The van der Waals surface area contributed by atoms with E-state index in [1.165, 1.54) is 33.5 Å². The minimum atomic E-state index is -0.499. The summed E-state index contributed by atoms with van der Waals surface area (Å²) < 4.78 is 22.4. The molecule has 5 aromatic rings. The van der Waals surface area contributed by atoms with Gasteiger partial charge in [0.05, 0.1) is 31.3 Å². The van der Waals surface area contributed by atoms with E-state index >= 15 is 0 Å². The predicted molar refractivity (Wildman–Crippen MR) is 141 cm³/mol. The van der Waals surface area contributed by atoms with Crippen molar-refractivity contribution < 1.29 is 28.3 Å². The number of amides is 1. The molecule has 12 heteroatoms. The van der Waals surface area contributed by atoms with Crippen molar-refractivity contribution in [3.63, 3.8) is 0 Å². The first-order valence-electron chi connectivity index (χ1n) is 10.7. The number of benzene rings is 3. The Kier molecular flexibility index (Phi) is 6.32. The number of rotatable bonds is 7. The fourth-order valence-electron chi connectivity index (χ4n) is 3.88. The number of ether oxygens (including phenoxy) is 3. The van der Waals surface area contributed by atoms with Gasteiger partial charge in [0.25, 0.3) is 11.6 Å². The first-order valence-corrected chi connectivity index (χ1v) is 11.9. The average Bonchev–Trinajstić information content (AvgIpc) is 3.48. The Morgan fingerprint density at radius 1 is 1.08 bits per heavy atom. The number of carbonyl (C=O) groups is 1. The van der Waals surface area contributed by atoms with Gasteiger partial charge in [0, 0.05) is 22.7 Å². The number of non-ortho nitro benzene ring substituents is 1. The SMILES string of the molecule is COc1cc(-c2nc3cc(NC(=O)c4sc5c([N+](=O)[O-])cccc5c4Cl)ccc3o2)cc(OC)c1OC. The van der Waals surface area contributed by atoms with Gasteiger partial charge in [-0.3, -0.25) is 14.9 Å². The molecule has 0 saturated heterocycles. The molecule has 188 valence electrons. The van der Waals surface area contributed by atoms with Gasteiger partial charge in [-0.1, -0.05) is 23.7 Å². The number of aromatic nitrogens is 1. The number of thiophene rings is 1. The van der Waals surface area contributed by atoms with Gasteiger partial charge in [-0.15, -0.1) is 11.3 Å². The van der Waals surface area contributed by atoms with Crippen LogP contribution in [0.15, 0.2) is 52.9 Å². The fraction of sp³-hybridized carbons (Fsp3) is 0.120. The normalized spacial score (nSPS) is 11.0. The Balaban J connectivity index is 1.47. The third-order valence-electron chi connectivity index (χ3n) is 5.59. The molecule has 0 saturated carbocycles. The lowest BCUT2D eigenvalue weighted by Crippen LogP contribution is -2.10. The first-order chi connectivity index (χ1) is 17.8. The Bertz CT molecular complexity index is 1670. The van der Waals surface area contributed by atoms with Crippen LogP contribution in [0, 0.1) is 10.1 Å². The van der Waals surface area contributed by atoms with Crippen LogP contribution < -0.4 is 19.5 Å². The van der Waals surface area contributed by atoms with Crippen molar-refractivity contribution in [2.75, 3.05) is 26.6 Å². The van der Waals surface area contributed by atoms with E-state index in [0.717, 1.165) is 11.3 Å².